The van der Waals surface area contributed by atoms with Gasteiger partial charge in [-0.1, -0.05) is 13.3 Å². The molecule has 0 aliphatic rings. The fourth-order valence-electron chi connectivity index (χ4n) is 1.60. The van der Waals surface area contributed by atoms with Gasteiger partial charge < -0.3 is 5.11 Å². The molecule has 1 N–H and O–H groups in total. The minimum Gasteiger partial charge on any atom is -0.393 e. The maximum absolute atomic E-state index is 13.3. The van der Waals surface area contributed by atoms with Crippen molar-refractivity contribution in [2.24, 2.45) is 0 Å². The van der Waals surface area contributed by atoms with E-state index in [9.17, 15) is 22.7 Å². The van der Waals surface area contributed by atoms with Crippen LogP contribution < -0.4 is 0 Å². The average Bonchev–Trinajstić information content (AvgIpc) is 2.20. The Kier molecular flexibility index (Phi) is 4.51. The van der Waals surface area contributed by atoms with Gasteiger partial charge in [0.25, 0.3) is 0 Å². The van der Waals surface area contributed by atoms with E-state index in [1.807, 2.05) is 6.92 Å². The van der Waals surface area contributed by atoms with E-state index >= 15 is 0 Å². The number of aliphatic hydroxyl groups excluding tert-OH is 1. The van der Waals surface area contributed by atoms with Crippen LogP contribution in [-0.4, -0.2) is 11.2 Å². The minimum atomic E-state index is -4.49. The maximum atomic E-state index is 13.3. The van der Waals surface area contributed by atoms with Crippen LogP contribution in [0.25, 0.3) is 0 Å². The van der Waals surface area contributed by atoms with Gasteiger partial charge in [-0.25, -0.2) is 4.39 Å². The fourth-order valence-corrected chi connectivity index (χ4v) is 1.60. The van der Waals surface area contributed by atoms with Crippen molar-refractivity contribution in [1.29, 1.82) is 0 Å². The van der Waals surface area contributed by atoms with E-state index in [0.717, 1.165) is 12.1 Å². The summed E-state index contributed by atoms with van der Waals surface area (Å²) in [5.41, 5.74) is -0.988. The molecule has 0 aromatic heterocycles. The lowest BCUT2D eigenvalue weighted by Crippen LogP contribution is -2.13. The summed E-state index contributed by atoms with van der Waals surface area (Å²) in [7, 11) is 0. The normalized spacial score (nSPS) is 13.8. The van der Waals surface area contributed by atoms with Gasteiger partial charge in [0, 0.05) is 6.42 Å². The Balaban J connectivity index is 2.91. The van der Waals surface area contributed by atoms with Gasteiger partial charge in [-0.3, -0.25) is 0 Å². The third-order valence-electron chi connectivity index (χ3n) is 2.45. The molecule has 96 valence electrons. The lowest BCUT2D eigenvalue weighted by atomic mass is 10.0. The van der Waals surface area contributed by atoms with Crippen LogP contribution >= 0.6 is 0 Å². The Morgan fingerprint density at radius 1 is 1.29 bits per heavy atom. The van der Waals surface area contributed by atoms with Gasteiger partial charge in [-0.05, 0) is 30.2 Å². The molecule has 0 fully saturated rings. The molecule has 0 heterocycles. The Bertz CT molecular complexity index is 373. The van der Waals surface area contributed by atoms with Crippen molar-refractivity contribution < 1.29 is 22.7 Å². The highest BCUT2D eigenvalue weighted by molar-refractivity contribution is 5.27. The molecule has 17 heavy (non-hydrogen) atoms. The summed E-state index contributed by atoms with van der Waals surface area (Å²) in [5.74, 6) is -0.715. The molecular formula is C12H14F4O. The molecule has 1 unspecified atom stereocenters. The second kappa shape index (κ2) is 5.49. The summed E-state index contributed by atoms with van der Waals surface area (Å²) in [6, 6.07) is 2.25. The van der Waals surface area contributed by atoms with Gasteiger partial charge in [0.05, 0.1) is 11.7 Å². The second-order valence-electron chi connectivity index (χ2n) is 3.95. The van der Waals surface area contributed by atoms with E-state index in [2.05, 4.69) is 0 Å². The molecule has 1 nitrogen and oxygen atoms in total. The third-order valence-corrected chi connectivity index (χ3v) is 2.45. The molecule has 0 saturated heterocycles. The summed E-state index contributed by atoms with van der Waals surface area (Å²) >= 11 is 0. The minimum absolute atomic E-state index is 0.0937. The number of rotatable bonds is 4. The zero-order chi connectivity index (χ0) is 13.1. The standard InChI is InChI=1S/C12H14F4O/c1-2-3-10(17)7-8-6-9(12(14,15)16)4-5-11(8)13/h4-6,10,17H,2-3,7H2,1H3. The quantitative estimate of drug-likeness (QED) is 0.810. The molecule has 1 aromatic carbocycles. The van der Waals surface area contributed by atoms with Crippen molar-refractivity contribution in [2.45, 2.75) is 38.5 Å². The molecule has 0 amide bonds. The number of benzene rings is 1. The van der Waals surface area contributed by atoms with Gasteiger partial charge in [0.2, 0.25) is 0 Å². The van der Waals surface area contributed by atoms with Crippen LogP contribution in [-0.2, 0) is 12.6 Å². The lowest BCUT2D eigenvalue weighted by Gasteiger charge is -2.12. The molecule has 0 saturated carbocycles. The average molecular weight is 250 g/mol. The monoisotopic (exact) mass is 250 g/mol. The summed E-state index contributed by atoms with van der Waals surface area (Å²) < 4.78 is 50.5. The number of aliphatic hydroxyl groups is 1. The Morgan fingerprint density at radius 3 is 2.47 bits per heavy atom. The zero-order valence-corrected chi connectivity index (χ0v) is 9.39. The molecule has 0 aliphatic heterocycles. The molecule has 0 bridgehead atoms. The summed E-state index contributed by atoms with van der Waals surface area (Å²) in [5, 5.41) is 9.47. The highest BCUT2D eigenvalue weighted by atomic mass is 19.4. The van der Waals surface area contributed by atoms with E-state index in [0.29, 0.717) is 18.9 Å². The maximum Gasteiger partial charge on any atom is 0.416 e. The van der Waals surface area contributed by atoms with Crippen LogP contribution in [0.1, 0.15) is 30.9 Å². The van der Waals surface area contributed by atoms with Gasteiger partial charge in [0.1, 0.15) is 5.82 Å². The van der Waals surface area contributed by atoms with Gasteiger partial charge in [-0.15, -0.1) is 0 Å². The predicted octanol–water partition coefficient (Wildman–Crippen LogP) is 3.55. The van der Waals surface area contributed by atoms with Crippen LogP contribution in [0.3, 0.4) is 0 Å². The summed E-state index contributed by atoms with van der Waals surface area (Å²) in [6.07, 6.45) is -4.25. The fraction of sp³-hybridized carbons (Fsp3) is 0.500. The van der Waals surface area contributed by atoms with Crippen molar-refractivity contribution in [3.05, 3.63) is 35.1 Å². The first-order chi connectivity index (χ1) is 7.84. The first kappa shape index (κ1) is 14.0. The Morgan fingerprint density at radius 2 is 1.94 bits per heavy atom. The van der Waals surface area contributed by atoms with Crippen LogP contribution in [0, 0.1) is 5.82 Å². The number of hydrogen-bond donors (Lipinski definition) is 1. The summed E-state index contributed by atoms with van der Waals surface area (Å²) in [4.78, 5) is 0. The predicted molar refractivity (Wildman–Crippen MR) is 56.0 cm³/mol. The van der Waals surface area contributed by atoms with E-state index < -0.39 is 23.7 Å². The van der Waals surface area contributed by atoms with E-state index in [-0.39, 0.29) is 12.0 Å². The smallest absolute Gasteiger partial charge is 0.393 e. The topological polar surface area (TPSA) is 20.2 Å². The van der Waals surface area contributed by atoms with Gasteiger partial charge >= 0.3 is 6.18 Å². The molecule has 0 radical (unpaired) electrons. The van der Waals surface area contributed by atoms with Crippen molar-refractivity contribution in [1.82, 2.24) is 0 Å². The SMILES string of the molecule is CCCC(O)Cc1cc(C(F)(F)F)ccc1F. The Labute approximate surface area is 97.1 Å². The van der Waals surface area contributed by atoms with Crippen molar-refractivity contribution >= 4 is 0 Å². The molecule has 1 atom stereocenters. The van der Waals surface area contributed by atoms with E-state index in [1.165, 1.54) is 0 Å². The summed E-state index contributed by atoms with van der Waals surface area (Å²) in [6.45, 7) is 1.84. The lowest BCUT2D eigenvalue weighted by molar-refractivity contribution is -0.137. The van der Waals surface area contributed by atoms with Crippen molar-refractivity contribution in [3.63, 3.8) is 0 Å². The van der Waals surface area contributed by atoms with Gasteiger partial charge in [0.15, 0.2) is 0 Å². The first-order valence-corrected chi connectivity index (χ1v) is 5.38. The molecule has 0 aliphatic carbocycles. The molecule has 1 aromatic rings. The molecular weight excluding hydrogens is 236 g/mol. The van der Waals surface area contributed by atoms with Crippen LogP contribution in [0.2, 0.25) is 0 Å². The van der Waals surface area contributed by atoms with Crippen LogP contribution in [0.15, 0.2) is 18.2 Å². The van der Waals surface area contributed by atoms with Crippen LogP contribution in [0.5, 0.6) is 0 Å². The molecule has 0 spiro atoms. The number of halogens is 4. The number of hydrogen-bond acceptors (Lipinski definition) is 1. The Hall–Kier alpha value is -1.10. The van der Waals surface area contributed by atoms with E-state index in [1.54, 1.807) is 0 Å². The van der Waals surface area contributed by atoms with E-state index in [4.69, 9.17) is 0 Å². The second-order valence-corrected chi connectivity index (χ2v) is 3.95. The number of alkyl halides is 3. The highest BCUT2D eigenvalue weighted by Gasteiger charge is 2.31. The van der Waals surface area contributed by atoms with Crippen LogP contribution in [0.4, 0.5) is 17.6 Å². The van der Waals surface area contributed by atoms with Crippen molar-refractivity contribution in [2.75, 3.05) is 0 Å². The third kappa shape index (κ3) is 4.00. The van der Waals surface area contributed by atoms with Gasteiger partial charge in [-0.2, -0.15) is 13.2 Å². The molecule has 1 rings (SSSR count). The first-order valence-electron chi connectivity index (χ1n) is 5.38. The zero-order valence-electron chi connectivity index (χ0n) is 9.39. The largest absolute Gasteiger partial charge is 0.416 e. The van der Waals surface area contributed by atoms with Crippen molar-refractivity contribution in [3.8, 4) is 0 Å². The molecule has 5 heteroatoms. The highest BCUT2D eigenvalue weighted by Crippen LogP contribution is 2.30.